The fraction of sp³-hybridized carbons (Fsp3) is 0.647. The van der Waals surface area contributed by atoms with Gasteiger partial charge < -0.3 is 10.1 Å². The van der Waals surface area contributed by atoms with Crippen molar-refractivity contribution in [1.82, 2.24) is 5.32 Å². The summed E-state index contributed by atoms with van der Waals surface area (Å²) in [6, 6.07) is 6.99. The molecule has 1 aromatic rings. The van der Waals surface area contributed by atoms with Crippen molar-refractivity contribution in [3.63, 3.8) is 0 Å². The van der Waals surface area contributed by atoms with Crippen LogP contribution in [-0.2, 0) is 0 Å². The summed E-state index contributed by atoms with van der Waals surface area (Å²) in [6.07, 6.45) is 5.74. The van der Waals surface area contributed by atoms with E-state index in [-0.39, 0.29) is 0 Å². The van der Waals surface area contributed by atoms with Gasteiger partial charge in [0.25, 0.3) is 0 Å². The maximum Gasteiger partial charge on any atom is 0.123 e. The molecule has 0 aromatic heterocycles. The molecule has 104 valence electrons. The number of benzene rings is 1. The summed E-state index contributed by atoms with van der Waals surface area (Å²) in [7, 11) is 3.88. The molecule has 2 aliphatic rings. The Bertz CT molecular complexity index is 457. The Morgan fingerprint density at radius 1 is 1.26 bits per heavy atom. The molecule has 0 aliphatic heterocycles. The molecule has 0 spiro atoms. The number of methoxy groups -OCH3 is 1. The van der Waals surface area contributed by atoms with Crippen molar-refractivity contribution < 1.29 is 4.74 Å². The number of nitrogens with one attached hydrogen (secondary N) is 1. The fourth-order valence-corrected chi connectivity index (χ4v) is 4.40. The van der Waals surface area contributed by atoms with Crippen LogP contribution >= 0.6 is 0 Å². The van der Waals surface area contributed by atoms with Crippen LogP contribution < -0.4 is 10.1 Å². The highest BCUT2D eigenvalue weighted by atomic mass is 16.5. The van der Waals surface area contributed by atoms with Crippen LogP contribution in [0.3, 0.4) is 0 Å². The molecule has 0 amide bonds. The highest BCUT2D eigenvalue weighted by molar-refractivity contribution is 5.39. The molecule has 0 saturated heterocycles. The molecule has 2 saturated carbocycles. The van der Waals surface area contributed by atoms with Crippen molar-refractivity contribution >= 4 is 0 Å². The number of fused-ring (bicyclic) bond motifs is 2. The molecule has 0 radical (unpaired) electrons. The van der Waals surface area contributed by atoms with Gasteiger partial charge in [-0.3, -0.25) is 0 Å². The Kier molecular flexibility index (Phi) is 3.53. The van der Waals surface area contributed by atoms with Gasteiger partial charge in [-0.1, -0.05) is 24.1 Å². The summed E-state index contributed by atoms with van der Waals surface area (Å²) >= 11 is 0. The molecule has 1 N–H and O–H groups in total. The minimum atomic E-state index is 0.449. The molecule has 0 heterocycles. The van der Waals surface area contributed by atoms with E-state index in [4.69, 9.17) is 4.74 Å². The fourth-order valence-electron chi connectivity index (χ4n) is 4.40. The van der Waals surface area contributed by atoms with Crippen molar-refractivity contribution in [3.8, 4) is 5.75 Å². The third-order valence-electron chi connectivity index (χ3n) is 5.25. The molecule has 2 heteroatoms. The van der Waals surface area contributed by atoms with Gasteiger partial charge in [-0.15, -0.1) is 0 Å². The molecule has 4 unspecified atom stereocenters. The number of aryl methyl sites for hydroxylation is 1. The molecule has 2 nitrogen and oxygen atoms in total. The SMILES string of the molecule is CNC(c1cc(C)ccc1OC)C1CC2CCC1C2. The van der Waals surface area contributed by atoms with Crippen LogP contribution in [0, 0.1) is 24.7 Å². The van der Waals surface area contributed by atoms with Crippen molar-refractivity contribution in [3.05, 3.63) is 29.3 Å². The van der Waals surface area contributed by atoms with Crippen LogP contribution in [0.1, 0.15) is 42.9 Å². The minimum absolute atomic E-state index is 0.449. The predicted octanol–water partition coefficient (Wildman–Crippen LogP) is 3.70. The van der Waals surface area contributed by atoms with Crippen molar-refractivity contribution in [2.75, 3.05) is 14.2 Å². The van der Waals surface area contributed by atoms with E-state index >= 15 is 0 Å². The Morgan fingerprint density at radius 3 is 2.68 bits per heavy atom. The second-order valence-corrected chi connectivity index (χ2v) is 6.35. The number of ether oxygens (including phenoxy) is 1. The van der Waals surface area contributed by atoms with Gasteiger partial charge in [0.15, 0.2) is 0 Å². The number of hydrogen-bond donors (Lipinski definition) is 1. The maximum absolute atomic E-state index is 5.58. The molecule has 2 bridgehead atoms. The Balaban J connectivity index is 1.91. The quantitative estimate of drug-likeness (QED) is 0.890. The van der Waals surface area contributed by atoms with Gasteiger partial charge in [0.05, 0.1) is 7.11 Å². The second-order valence-electron chi connectivity index (χ2n) is 6.35. The van der Waals surface area contributed by atoms with Crippen LogP contribution in [-0.4, -0.2) is 14.2 Å². The lowest BCUT2D eigenvalue weighted by atomic mass is 9.80. The van der Waals surface area contributed by atoms with E-state index in [1.54, 1.807) is 7.11 Å². The molecule has 19 heavy (non-hydrogen) atoms. The third-order valence-corrected chi connectivity index (χ3v) is 5.25. The first-order valence-corrected chi connectivity index (χ1v) is 7.54. The van der Waals surface area contributed by atoms with E-state index < -0.39 is 0 Å². The van der Waals surface area contributed by atoms with Crippen LogP contribution in [0.5, 0.6) is 5.75 Å². The summed E-state index contributed by atoms with van der Waals surface area (Å²) in [5.41, 5.74) is 2.67. The Labute approximate surface area is 116 Å². The van der Waals surface area contributed by atoms with E-state index in [1.807, 2.05) is 0 Å². The highest BCUT2D eigenvalue weighted by Crippen LogP contribution is 2.53. The zero-order valence-electron chi connectivity index (χ0n) is 12.3. The molecular weight excluding hydrogens is 234 g/mol. The van der Waals surface area contributed by atoms with Gasteiger partial charge in [-0.2, -0.15) is 0 Å². The van der Waals surface area contributed by atoms with Crippen molar-refractivity contribution in [1.29, 1.82) is 0 Å². The van der Waals surface area contributed by atoms with Crippen LogP contribution in [0.15, 0.2) is 18.2 Å². The van der Waals surface area contributed by atoms with E-state index in [0.717, 1.165) is 23.5 Å². The van der Waals surface area contributed by atoms with E-state index in [2.05, 4.69) is 37.5 Å². The molecule has 3 rings (SSSR count). The second kappa shape index (κ2) is 5.16. The van der Waals surface area contributed by atoms with Gasteiger partial charge in [-0.25, -0.2) is 0 Å². The van der Waals surface area contributed by atoms with Gasteiger partial charge in [0.2, 0.25) is 0 Å². The summed E-state index contributed by atoms with van der Waals surface area (Å²) in [5.74, 6) is 3.74. The van der Waals surface area contributed by atoms with Gasteiger partial charge in [-0.05, 0) is 57.1 Å². The monoisotopic (exact) mass is 259 g/mol. The van der Waals surface area contributed by atoms with Crippen LogP contribution in [0.25, 0.3) is 0 Å². The number of hydrogen-bond acceptors (Lipinski definition) is 2. The van der Waals surface area contributed by atoms with Crippen molar-refractivity contribution in [2.24, 2.45) is 17.8 Å². The lowest BCUT2D eigenvalue weighted by molar-refractivity contribution is 0.254. The van der Waals surface area contributed by atoms with Gasteiger partial charge in [0, 0.05) is 11.6 Å². The molecule has 2 aliphatic carbocycles. The summed E-state index contributed by atoms with van der Waals surface area (Å²) in [5, 5.41) is 3.57. The smallest absolute Gasteiger partial charge is 0.123 e. The first-order chi connectivity index (χ1) is 9.22. The van der Waals surface area contributed by atoms with E-state index in [0.29, 0.717) is 6.04 Å². The molecule has 2 fully saturated rings. The number of rotatable bonds is 4. The standard InChI is InChI=1S/C17H25NO/c1-11-4-7-16(19-3)15(8-11)17(18-2)14-10-12-5-6-13(14)9-12/h4,7-8,12-14,17-18H,5-6,9-10H2,1-3H3. The molecular formula is C17H25NO. The normalized spacial score (nSPS) is 30.6. The third kappa shape index (κ3) is 2.27. The lowest BCUT2D eigenvalue weighted by Crippen LogP contribution is -2.29. The topological polar surface area (TPSA) is 21.3 Å². The summed E-state index contributed by atoms with van der Waals surface area (Å²) in [4.78, 5) is 0. The van der Waals surface area contributed by atoms with Crippen molar-refractivity contribution in [2.45, 2.75) is 38.6 Å². The molecule has 1 aromatic carbocycles. The van der Waals surface area contributed by atoms with Crippen LogP contribution in [0.2, 0.25) is 0 Å². The largest absolute Gasteiger partial charge is 0.496 e. The Hall–Kier alpha value is -1.02. The van der Waals surface area contributed by atoms with E-state index in [1.165, 1.54) is 36.8 Å². The van der Waals surface area contributed by atoms with Gasteiger partial charge in [0.1, 0.15) is 5.75 Å². The predicted molar refractivity (Wildman–Crippen MR) is 78.5 cm³/mol. The van der Waals surface area contributed by atoms with Crippen LogP contribution in [0.4, 0.5) is 0 Å². The molecule has 4 atom stereocenters. The summed E-state index contributed by atoms with van der Waals surface area (Å²) in [6.45, 7) is 2.16. The zero-order chi connectivity index (χ0) is 13.4. The summed E-state index contributed by atoms with van der Waals surface area (Å²) < 4.78 is 5.58. The first-order valence-electron chi connectivity index (χ1n) is 7.54. The average molecular weight is 259 g/mol. The first kappa shape index (κ1) is 13.0. The minimum Gasteiger partial charge on any atom is -0.496 e. The Morgan fingerprint density at radius 2 is 2.11 bits per heavy atom. The average Bonchev–Trinajstić information content (AvgIpc) is 3.03. The van der Waals surface area contributed by atoms with Gasteiger partial charge >= 0.3 is 0 Å². The van der Waals surface area contributed by atoms with E-state index in [9.17, 15) is 0 Å². The zero-order valence-corrected chi connectivity index (χ0v) is 12.3. The maximum atomic E-state index is 5.58. The lowest BCUT2D eigenvalue weighted by Gasteiger charge is -2.31. The highest BCUT2D eigenvalue weighted by Gasteiger charge is 2.43.